The number of rotatable bonds is 6. The zero-order valence-electron chi connectivity index (χ0n) is 11.6. The van der Waals surface area contributed by atoms with Gasteiger partial charge in [0.05, 0.1) is 19.9 Å². The molecule has 20 heavy (non-hydrogen) atoms. The highest BCUT2D eigenvalue weighted by Gasteiger charge is 2.07. The zero-order valence-corrected chi connectivity index (χ0v) is 11.6. The van der Waals surface area contributed by atoms with Gasteiger partial charge in [-0.15, -0.1) is 0 Å². The lowest BCUT2D eigenvalue weighted by atomic mass is 10.1. The zero-order chi connectivity index (χ0) is 14.4. The van der Waals surface area contributed by atoms with Crippen molar-refractivity contribution in [2.75, 3.05) is 14.2 Å². The number of methoxy groups -OCH3 is 2. The molecule has 1 heterocycles. The number of aryl methyl sites for hydroxylation is 1. The summed E-state index contributed by atoms with van der Waals surface area (Å²) >= 11 is 0. The molecular weight excluding hydrogens is 254 g/mol. The SMILES string of the molecule is COc1ccc(-c2cccc(CCC=O)n2)cc1OC. The van der Waals surface area contributed by atoms with Gasteiger partial charge in [-0.25, -0.2) is 0 Å². The Morgan fingerprint density at radius 2 is 1.90 bits per heavy atom. The molecule has 0 saturated carbocycles. The lowest BCUT2D eigenvalue weighted by Gasteiger charge is -2.10. The quantitative estimate of drug-likeness (QED) is 0.758. The van der Waals surface area contributed by atoms with E-state index in [2.05, 4.69) is 4.98 Å². The molecule has 2 rings (SSSR count). The first-order valence-electron chi connectivity index (χ1n) is 6.40. The number of benzene rings is 1. The van der Waals surface area contributed by atoms with Crippen LogP contribution in [0, 0.1) is 0 Å². The number of aromatic nitrogens is 1. The predicted molar refractivity (Wildman–Crippen MR) is 77.2 cm³/mol. The molecule has 0 saturated heterocycles. The molecule has 0 atom stereocenters. The highest BCUT2D eigenvalue weighted by Crippen LogP contribution is 2.31. The maximum absolute atomic E-state index is 10.4. The van der Waals surface area contributed by atoms with E-state index in [4.69, 9.17) is 9.47 Å². The summed E-state index contributed by atoms with van der Waals surface area (Å²) in [6.45, 7) is 0. The Morgan fingerprint density at radius 1 is 1.10 bits per heavy atom. The number of nitrogens with zero attached hydrogens (tertiary/aromatic N) is 1. The monoisotopic (exact) mass is 271 g/mol. The molecule has 4 nitrogen and oxygen atoms in total. The van der Waals surface area contributed by atoms with Crippen LogP contribution in [0.4, 0.5) is 0 Å². The number of carbonyl (C=O) groups is 1. The Labute approximate surface area is 118 Å². The molecule has 1 aromatic heterocycles. The summed E-state index contributed by atoms with van der Waals surface area (Å²) < 4.78 is 10.5. The third kappa shape index (κ3) is 3.15. The fourth-order valence-electron chi connectivity index (χ4n) is 1.98. The molecule has 0 aliphatic rings. The molecule has 0 N–H and O–H groups in total. The minimum Gasteiger partial charge on any atom is -0.493 e. The van der Waals surface area contributed by atoms with E-state index in [9.17, 15) is 4.79 Å². The second kappa shape index (κ2) is 6.70. The van der Waals surface area contributed by atoms with E-state index in [-0.39, 0.29) is 0 Å². The molecule has 0 amide bonds. The second-order valence-corrected chi connectivity index (χ2v) is 4.29. The number of hydrogen-bond acceptors (Lipinski definition) is 4. The van der Waals surface area contributed by atoms with E-state index in [0.29, 0.717) is 24.3 Å². The van der Waals surface area contributed by atoms with Gasteiger partial charge in [-0.2, -0.15) is 0 Å². The molecule has 0 radical (unpaired) electrons. The van der Waals surface area contributed by atoms with Crippen molar-refractivity contribution < 1.29 is 14.3 Å². The largest absolute Gasteiger partial charge is 0.493 e. The van der Waals surface area contributed by atoms with Crippen LogP contribution in [0.25, 0.3) is 11.3 Å². The van der Waals surface area contributed by atoms with Gasteiger partial charge in [-0.05, 0) is 36.8 Å². The molecule has 0 bridgehead atoms. The van der Waals surface area contributed by atoms with Gasteiger partial charge >= 0.3 is 0 Å². The minimum absolute atomic E-state index is 0.488. The third-order valence-corrected chi connectivity index (χ3v) is 3.00. The van der Waals surface area contributed by atoms with Crippen LogP contribution in [0.2, 0.25) is 0 Å². The highest BCUT2D eigenvalue weighted by molar-refractivity contribution is 5.64. The molecule has 0 fully saturated rings. The summed E-state index contributed by atoms with van der Waals surface area (Å²) in [5, 5.41) is 0. The standard InChI is InChI=1S/C16H17NO3/c1-19-15-9-8-12(11-16(15)20-2)14-7-3-5-13(17-14)6-4-10-18/h3,5,7-11H,4,6H2,1-2H3. The van der Waals surface area contributed by atoms with Crippen LogP contribution < -0.4 is 9.47 Å². The summed E-state index contributed by atoms with van der Waals surface area (Å²) in [7, 11) is 3.21. The molecule has 2 aromatic rings. The maximum Gasteiger partial charge on any atom is 0.161 e. The van der Waals surface area contributed by atoms with Crippen molar-refractivity contribution in [2.24, 2.45) is 0 Å². The van der Waals surface area contributed by atoms with Crippen molar-refractivity contribution >= 4 is 6.29 Å². The summed E-state index contributed by atoms with van der Waals surface area (Å²) in [5.74, 6) is 1.36. The van der Waals surface area contributed by atoms with Crippen molar-refractivity contribution in [2.45, 2.75) is 12.8 Å². The summed E-state index contributed by atoms with van der Waals surface area (Å²) in [4.78, 5) is 15.0. The lowest BCUT2D eigenvalue weighted by molar-refractivity contribution is -0.107. The first-order chi connectivity index (χ1) is 9.78. The summed E-state index contributed by atoms with van der Waals surface area (Å²) in [6.07, 6.45) is 2.05. The number of pyridine rings is 1. The predicted octanol–water partition coefficient (Wildman–Crippen LogP) is 2.90. The van der Waals surface area contributed by atoms with Crippen molar-refractivity contribution in [1.29, 1.82) is 0 Å². The maximum atomic E-state index is 10.4. The molecule has 1 aromatic carbocycles. The van der Waals surface area contributed by atoms with Crippen LogP contribution in [-0.2, 0) is 11.2 Å². The Balaban J connectivity index is 2.33. The van der Waals surface area contributed by atoms with Crippen molar-refractivity contribution in [3.63, 3.8) is 0 Å². The lowest BCUT2D eigenvalue weighted by Crippen LogP contribution is -1.94. The topological polar surface area (TPSA) is 48.4 Å². The smallest absolute Gasteiger partial charge is 0.161 e. The van der Waals surface area contributed by atoms with E-state index >= 15 is 0 Å². The molecule has 104 valence electrons. The van der Waals surface area contributed by atoms with Crippen LogP contribution in [-0.4, -0.2) is 25.5 Å². The van der Waals surface area contributed by atoms with E-state index in [1.54, 1.807) is 14.2 Å². The molecule has 4 heteroatoms. The van der Waals surface area contributed by atoms with Gasteiger partial charge in [0.2, 0.25) is 0 Å². The Bertz CT molecular complexity index is 596. The fraction of sp³-hybridized carbons (Fsp3) is 0.250. The van der Waals surface area contributed by atoms with E-state index in [1.165, 1.54) is 0 Å². The Kier molecular flexibility index (Phi) is 4.71. The normalized spacial score (nSPS) is 10.1. The van der Waals surface area contributed by atoms with Crippen LogP contribution in [0.1, 0.15) is 12.1 Å². The molecule has 0 aliphatic heterocycles. The number of aldehydes is 1. The van der Waals surface area contributed by atoms with Crippen LogP contribution in [0.3, 0.4) is 0 Å². The fourth-order valence-corrected chi connectivity index (χ4v) is 1.98. The molecule has 0 aliphatic carbocycles. The first-order valence-corrected chi connectivity index (χ1v) is 6.40. The first kappa shape index (κ1) is 14.1. The van der Waals surface area contributed by atoms with E-state index in [1.807, 2.05) is 36.4 Å². The molecule has 0 unspecified atom stereocenters. The third-order valence-electron chi connectivity index (χ3n) is 3.00. The molecular formula is C16H17NO3. The second-order valence-electron chi connectivity index (χ2n) is 4.29. The van der Waals surface area contributed by atoms with Gasteiger partial charge in [-0.3, -0.25) is 4.98 Å². The minimum atomic E-state index is 0.488. The van der Waals surface area contributed by atoms with Crippen molar-refractivity contribution in [3.05, 3.63) is 42.1 Å². The average molecular weight is 271 g/mol. The van der Waals surface area contributed by atoms with Gasteiger partial charge in [0.15, 0.2) is 11.5 Å². The van der Waals surface area contributed by atoms with Crippen LogP contribution in [0.5, 0.6) is 11.5 Å². The average Bonchev–Trinajstić information content (AvgIpc) is 2.52. The van der Waals surface area contributed by atoms with Gasteiger partial charge < -0.3 is 14.3 Å². The van der Waals surface area contributed by atoms with Gasteiger partial charge in [0, 0.05) is 17.7 Å². The van der Waals surface area contributed by atoms with E-state index in [0.717, 1.165) is 23.2 Å². The number of carbonyl (C=O) groups excluding carboxylic acids is 1. The molecule has 0 spiro atoms. The van der Waals surface area contributed by atoms with Crippen molar-refractivity contribution in [3.8, 4) is 22.8 Å². The summed E-state index contributed by atoms with van der Waals surface area (Å²) in [6, 6.07) is 11.5. The number of hydrogen-bond donors (Lipinski definition) is 0. The number of ether oxygens (including phenoxy) is 2. The van der Waals surface area contributed by atoms with E-state index < -0.39 is 0 Å². The Morgan fingerprint density at radius 3 is 2.60 bits per heavy atom. The van der Waals surface area contributed by atoms with Gasteiger partial charge in [-0.1, -0.05) is 6.07 Å². The Hall–Kier alpha value is -2.36. The van der Waals surface area contributed by atoms with Gasteiger partial charge in [0.25, 0.3) is 0 Å². The van der Waals surface area contributed by atoms with Crippen molar-refractivity contribution in [1.82, 2.24) is 4.98 Å². The summed E-state index contributed by atoms with van der Waals surface area (Å²) in [5.41, 5.74) is 2.72. The highest BCUT2D eigenvalue weighted by atomic mass is 16.5. The van der Waals surface area contributed by atoms with Crippen LogP contribution in [0.15, 0.2) is 36.4 Å². The van der Waals surface area contributed by atoms with Crippen LogP contribution >= 0.6 is 0 Å². The van der Waals surface area contributed by atoms with Gasteiger partial charge in [0.1, 0.15) is 6.29 Å².